The third kappa shape index (κ3) is 5.63. The van der Waals surface area contributed by atoms with Crippen molar-refractivity contribution in [1.82, 2.24) is 15.2 Å². The molecule has 2 heterocycles. The van der Waals surface area contributed by atoms with E-state index in [2.05, 4.69) is 22.2 Å². The van der Waals surface area contributed by atoms with Gasteiger partial charge in [-0.25, -0.2) is 4.98 Å². The third-order valence-electron chi connectivity index (χ3n) is 6.13. The fourth-order valence-corrected chi connectivity index (χ4v) is 4.80. The summed E-state index contributed by atoms with van der Waals surface area (Å²) in [6, 6.07) is 14.8. The van der Waals surface area contributed by atoms with Crippen LogP contribution in [-0.2, 0) is 0 Å². The Bertz CT molecular complexity index is 1140. The Hall–Kier alpha value is -2.80. The molecule has 0 bridgehead atoms. The van der Waals surface area contributed by atoms with E-state index < -0.39 is 6.10 Å². The number of pyridine rings is 1. The number of hydrogen-bond donors (Lipinski definition) is 2. The fourth-order valence-electron chi connectivity index (χ4n) is 4.09. The van der Waals surface area contributed by atoms with Gasteiger partial charge in [0.05, 0.1) is 0 Å². The van der Waals surface area contributed by atoms with Gasteiger partial charge in [-0.2, -0.15) is 0 Å². The van der Waals surface area contributed by atoms with Gasteiger partial charge >= 0.3 is 0 Å². The predicted molar refractivity (Wildman–Crippen MR) is 138 cm³/mol. The molecule has 1 fully saturated rings. The second-order valence-electron chi connectivity index (χ2n) is 8.63. The number of carbonyl (C=O) groups excluding carboxylic acids is 1. The number of nitrogen functional groups attached to an aromatic ring is 1. The number of rotatable bonds is 6. The zero-order valence-electron chi connectivity index (χ0n) is 19.2. The number of nitrogens with two attached hydrogens (primary N) is 1. The van der Waals surface area contributed by atoms with Crippen molar-refractivity contribution < 1.29 is 9.53 Å². The Labute approximate surface area is 210 Å². The van der Waals surface area contributed by atoms with E-state index in [1.807, 2.05) is 37.3 Å². The standard InChI is InChI=1S/C26H28Cl2N4O2/c1-16(24-21(27)4-3-5-22(24)28)34-23-14-19(15-30-25(23)29)17-6-8-18(9-7-17)26(33)31-20-10-12-32(2)13-11-20/h3-9,14-16,20H,10-13H2,1-2H3,(H2,29,30)(H,31,33). The van der Waals surface area contributed by atoms with Crippen molar-refractivity contribution in [1.29, 1.82) is 0 Å². The highest BCUT2D eigenvalue weighted by molar-refractivity contribution is 6.36. The van der Waals surface area contributed by atoms with Gasteiger partial charge in [-0.3, -0.25) is 4.79 Å². The number of amides is 1. The first-order chi connectivity index (χ1) is 16.3. The lowest BCUT2D eigenvalue weighted by atomic mass is 10.0. The van der Waals surface area contributed by atoms with Gasteiger partial charge in [0.25, 0.3) is 5.91 Å². The molecule has 1 aromatic heterocycles. The Morgan fingerprint density at radius 3 is 2.41 bits per heavy atom. The van der Waals surface area contributed by atoms with E-state index in [0.29, 0.717) is 26.9 Å². The summed E-state index contributed by atoms with van der Waals surface area (Å²) in [5.41, 5.74) is 9.12. The van der Waals surface area contributed by atoms with Crippen molar-refractivity contribution in [3.8, 4) is 16.9 Å². The van der Waals surface area contributed by atoms with E-state index in [-0.39, 0.29) is 17.8 Å². The largest absolute Gasteiger partial charge is 0.482 e. The van der Waals surface area contributed by atoms with Gasteiger partial charge in [0.1, 0.15) is 6.10 Å². The van der Waals surface area contributed by atoms with Crippen LogP contribution in [0.1, 0.15) is 41.8 Å². The zero-order valence-corrected chi connectivity index (χ0v) is 20.7. The van der Waals surface area contributed by atoms with Gasteiger partial charge in [0.15, 0.2) is 11.6 Å². The van der Waals surface area contributed by atoms with Crippen molar-refractivity contribution >= 4 is 34.9 Å². The maximum Gasteiger partial charge on any atom is 0.251 e. The molecule has 0 saturated carbocycles. The van der Waals surface area contributed by atoms with Crippen LogP contribution in [0.5, 0.6) is 5.75 Å². The number of carbonyl (C=O) groups is 1. The first kappa shape index (κ1) is 24.3. The van der Waals surface area contributed by atoms with E-state index >= 15 is 0 Å². The SMILES string of the molecule is CC(Oc1cc(-c2ccc(C(=O)NC3CCN(C)CC3)cc2)cnc1N)c1c(Cl)cccc1Cl. The molecule has 3 N–H and O–H groups in total. The number of hydrogen-bond acceptors (Lipinski definition) is 5. The minimum absolute atomic E-state index is 0.0500. The van der Waals surface area contributed by atoms with Gasteiger partial charge in [-0.05, 0) is 75.8 Å². The number of aromatic nitrogens is 1. The van der Waals surface area contributed by atoms with Crippen molar-refractivity contribution in [2.45, 2.75) is 31.9 Å². The Kier molecular flexibility index (Phi) is 7.61. The van der Waals surface area contributed by atoms with E-state index in [9.17, 15) is 4.79 Å². The second-order valence-corrected chi connectivity index (χ2v) is 9.45. The van der Waals surface area contributed by atoms with Gasteiger partial charge in [0.2, 0.25) is 0 Å². The van der Waals surface area contributed by atoms with Gasteiger partial charge in [-0.1, -0.05) is 41.4 Å². The molecule has 1 amide bonds. The molecular weight excluding hydrogens is 471 g/mol. The molecule has 2 aromatic carbocycles. The Morgan fingerprint density at radius 1 is 1.12 bits per heavy atom. The normalized spacial score (nSPS) is 15.6. The fraction of sp³-hybridized carbons (Fsp3) is 0.308. The molecular formula is C26H28Cl2N4O2. The van der Waals surface area contributed by atoms with Gasteiger partial charge < -0.3 is 20.7 Å². The van der Waals surface area contributed by atoms with Crippen LogP contribution in [0.3, 0.4) is 0 Å². The smallest absolute Gasteiger partial charge is 0.251 e. The highest BCUT2D eigenvalue weighted by Crippen LogP contribution is 2.35. The second kappa shape index (κ2) is 10.6. The summed E-state index contributed by atoms with van der Waals surface area (Å²) in [6.07, 6.45) is 3.20. The van der Waals surface area contributed by atoms with Gasteiger partial charge in [0, 0.05) is 39.0 Å². The van der Waals surface area contributed by atoms with Crippen molar-refractivity contribution in [2.24, 2.45) is 0 Å². The number of likely N-dealkylation sites (tertiary alicyclic amines) is 1. The zero-order chi connectivity index (χ0) is 24.2. The number of ether oxygens (including phenoxy) is 1. The summed E-state index contributed by atoms with van der Waals surface area (Å²) in [5.74, 6) is 0.656. The van der Waals surface area contributed by atoms with Crippen LogP contribution in [0.2, 0.25) is 10.0 Å². The maximum absolute atomic E-state index is 12.7. The summed E-state index contributed by atoms with van der Waals surface area (Å²) in [7, 11) is 2.10. The molecule has 1 aliphatic heterocycles. The molecule has 0 aliphatic carbocycles. The lowest BCUT2D eigenvalue weighted by molar-refractivity contribution is 0.0917. The van der Waals surface area contributed by atoms with Crippen molar-refractivity contribution in [3.63, 3.8) is 0 Å². The van der Waals surface area contributed by atoms with Crippen molar-refractivity contribution in [2.75, 3.05) is 25.9 Å². The number of nitrogens with one attached hydrogen (secondary N) is 1. The summed E-state index contributed by atoms with van der Waals surface area (Å²) in [4.78, 5) is 19.2. The highest BCUT2D eigenvalue weighted by atomic mass is 35.5. The van der Waals surface area contributed by atoms with Crippen LogP contribution < -0.4 is 15.8 Å². The molecule has 1 aliphatic rings. The number of halogens is 2. The lowest BCUT2D eigenvalue weighted by Gasteiger charge is -2.29. The number of nitrogens with zero attached hydrogens (tertiary/aromatic N) is 2. The molecule has 4 rings (SSSR count). The van der Waals surface area contributed by atoms with E-state index in [4.69, 9.17) is 33.7 Å². The van der Waals surface area contributed by atoms with Crippen LogP contribution in [0.25, 0.3) is 11.1 Å². The van der Waals surface area contributed by atoms with E-state index in [1.54, 1.807) is 24.4 Å². The first-order valence-corrected chi connectivity index (χ1v) is 12.0. The first-order valence-electron chi connectivity index (χ1n) is 11.3. The van der Waals surface area contributed by atoms with Crippen LogP contribution in [-0.4, -0.2) is 42.0 Å². The van der Waals surface area contributed by atoms with Crippen LogP contribution >= 0.6 is 23.2 Å². The van der Waals surface area contributed by atoms with E-state index in [1.165, 1.54) is 0 Å². The average molecular weight is 499 g/mol. The van der Waals surface area contributed by atoms with Crippen LogP contribution in [0.15, 0.2) is 54.7 Å². The third-order valence-corrected chi connectivity index (χ3v) is 6.79. The number of anilines is 1. The molecule has 3 aromatic rings. The molecule has 1 unspecified atom stereocenters. The molecule has 34 heavy (non-hydrogen) atoms. The number of benzene rings is 2. The molecule has 0 spiro atoms. The summed E-state index contributed by atoms with van der Waals surface area (Å²) in [5, 5.41) is 4.19. The lowest BCUT2D eigenvalue weighted by Crippen LogP contribution is -2.43. The molecule has 178 valence electrons. The number of piperidine rings is 1. The molecule has 1 saturated heterocycles. The predicted octanol–water partition coefficient (Wildman–Crippen LogP) is 5.60. The minimum atomic E-state index is -0.425. The summed E-state index contributed by atoms with van der Waals surface area (Å²) in [6.45, 7) is 3.86. The average Bonchev–Trinajstić information content (AvgIpc) is 2.82. The summed E-state index contributed by atoms with van der Waals surface area (Å²) >= 11 is 12.6. The molecule has 8 heteroatoms. The quantitative estimate of drug-likeness (QED) is 0.462. The molecule has 1 atom stereocenters. The topological polar surface area (TPSA) is 80.5 Å². The Morgan fingerprint density at radius 2 is 1.76 bits per heavy atom. The van der Waals surface area contributed by atoms with Crippen molar-refractivity contribution in [3.05, 3.63) is 75.9 Å². The monoisotopic (exact) mass is 498 g/mol. The van der Waals surface area contributed by atoms with Crippen LogP contribution in [0, 0.1) is 0 Å². The summed E-state index contributed by atoms with van der Waals surface area (Å²) < 4.78 is 6.09. The molecule has 6 nitrogen and oxygen atoms in total. The van der Waals surface area contributed by atoms with E-state index in [0.717, 1.165) is 37.1 Å². The maximum atomic E-state index is 12.7. The van der Waals surface area contributed by atoms with Gasteiger partial charge in [-0.15, -0.1) is 0 Å². The van der Waals surface area contributed by atoms with Crippen LogP contribution in [0.4, 0.5) is 5.82 Å². The highest BCUT2D eigenvalue weighted by Gasteiger charge is 2.20. The Balaban J connectivity index is 1.47. The molecule has 0 radical (unpaired) electrons. The minimum Gasteiger partial charge on any atom is -0.482 e.